The maximum atomic E-state index is 12.4. The van der Waals surface area contributed by atoms with Gasteiger partial charge in [-0.3, -0.25) is 9.59 Å². The van der Waals surface area contributed by atoms with Crippen LogP contribution in [0.3, 0.4) is 0 Å². The molecule has 3 saturated carbocycles. The summed E-state index contributed by atoms with van der Waals surface area (Å²) >= 11 is 0. The fourth-order valence-corrected chi connectivity index (χ4v) is 7.61. The van der Waals surface area contributed by atoms with Crippen molar-refractivity contribution in [3.05, 3.63) is 11.6 Å². The molecule has 1 spiro atoms. The molecule has 0 unspecified atom stereocenters. The summed E-state index contributed by atoms with van der Waals surface area (Å²) in [7, 11) is 0. The Morgan fingerprint density at radius 2 is 2.00 bits per heavy atom. The topological polar surface area (TPSA) is 87.1 Å². The van der Waals surface area contributed by atoms with Crippen molar-refractivity contribution in [1.82, 2.24) is 0 Å². The van der Waals surface area contributed by atoms with E-state index in [9.17, 15) is 19.8 Å². The molecule has 0 aromatic carbocycles. The number of fused-ring (bicyclic) bond motifs is 3. The average Bonchev–Trinajstić information content (AvgIpc) is 3.27. The van der Waals surface area contributed by atoms with E-state index in [0.29, 0.717) is 25.2 Å². The van der Waals surface area contributed by atoms with Crippen LogP contribution >= 0.6 is 0 Å². The summed E-state index contributed by atoms with van der Waals surface area (Å²) < 4.78 is 6.45. The van der Waals surface area contributed by atoms with E-state index in [-0.39, 0.29) is 28.8 Å². The molecule has 5 nitrogen and oxygen atoms in total. The molecule has 5 rings (SSSR count). The number of carbonyl (C=O) groups excluding carboxylic acids is 2. The van der Waals surface area contributed by atoms with Crippen LogP contribution in [0.4, 0.5) is 0 Å². The van der Waals surface area contributed by atoms with Crippen LogP contribution in [0.1, 0.15) is 58.8 Å². The average molecular weight is 360 g/mol. The third-order valence-corrected chi connectivity index (χ3v) is 9.09. The largest absolute Gasteiger partial charge is 0.388 e. The number of epoxide rings is 1. The van der Waals surface area contributed by atoms with Crippen LogP contribution < -0.4 is 0 Å². The standard InChI is InChI=1S/C21H28O5/c1-18-7-5-13(23)9-12(18)3-4-15-14-6-8-20(25,16(24)11-22)19(14,2)10-17-21(15,18)26-17/h9,14-15,17,22,25H,3-8,10-11H2,1-2H3/t14-,15-,17+,18-,19-,20-,21+/m0/s1. The fourth-order valence-electron chi connectivity index (χ4n) is 7.61. The Morgan fingerprint density at radius 1 is 1.23 bits per heavy atom. The normalized spacial score (nSPS) is 54.5. The zero-order valence-electron chi connectivity index (χ0n) is 15.6. The first-order valence-corrected chi connectivity index (χ1v) is 10.0. The second-order valence-electron chi connectivity index (χ2n) is 9.72. The van der Waals surface area contributed by atoms with Crippen molar-refractivity contribution in [3.8, 4) is 0 Å². The minimum absolute atomic E-state index is 0.0340. The van der Waals surface area contributed by atoms with Crippen molar-refractivity contribution in [2.45, 2.75) is 76.1 Å². The monoisotopic (exact) mass is 360 g/mol. The van der Waals surface area contributed by atoms with Gasteiger partial charge in [-0.1, -0.05) is 19.4 Å². The molecule has 4 fully saturated rings. The molecular weight excluding hydrogens is 332 g/mol. The Balaban J connectivity index is 1.57. The molecule has 1 saturated heterocycles. The van der Waals surface area contributed by atoms with Crippen LogP contribution in [0.15, 0.2) is 11.6 Å². The maximum Gasteiger partial charge on any atom is 0.190 e. The van der Waals surface area contributed by atoms with E-state index in [0.717, 1.165) is 25.7 Å². The summed E-state index contributed by atoms with van der Waals surface area (Å²) in [4.78, 5) is 24.4. The van der Waals surface area contributed by atoms with E-state index in [2.05, 4.69) is 6.92 Å². The summed E-state index contributed by atoms with van der Waals surface area (Å²) in [6.45, 7) is 3.69. The van der Waals surface area contributed by atoms with Crippen molar-refractivity contribution < 1.29 is 24.5 Å². The van der Waals surface area contributed by atoms with Crippen molar-refractivity contribution in [3.63, 3.8) is 0 Å². The third-order valence-electron chi connectivity index (χ3n) is 9.09. The molecule has 142 valence electrons. The number of carbonyl (C=O) groups is 2. The van der Waals surface area contributed by atoms with Gasteiger partial charge in [0.15, 0.2) is 11.6 Å². The summed E-state index contributed by atoms with van der Waals surface area (Å²) in [5.41, 5.74) is -1.06. The van der Waals surface area contributed by atoms with Gasteiger partial charge in [0, 0.05) is 17.3 Å². The Labute approximate surface area is 153 Å². The summed E-state index contributed by atoms with van der Waals surface area (Å²) in [5.74, 6) is 0.315. The molecule has 4 aliphatic carbocycles. The predicted octanol–water partition coefficient (Wildman–Crippen LogP) is 1.94. The van der Waals surface area contributed by atoms with Gasteiger partial charge in [0.25, 0.3) is 0 Å². The Morgan fingerprint density at radius 3 is 2.73 bits per heavy atom. The SMILES string of the molecule is C[C@]12CCC(=O)C=C1CC[C@H]1[C@@H]3CC[C@](O)(C(=O)CO)[C@@]3(C)C[C@H]3O[C@@]312. The second kappa shape index (κ2) is 4.86. The maximum absolute atomic E-state index is 12.4. The Bertz CT molecular complexity index is 743. The molecular formula is C21H28O5. The minimum Gasteiger partial charge on any atom is -0.388 e. The van der Waals surface area contributed by atoms with Gasteiger partial charge in [-0.25, -0.2) is 0 Å². The molecule has 26 heavy (non-hydrogen) atoms. The molecule has 5 aliphatic rings. The smallest absolute Gasteiger partial charge is 0.190 e. The lowest BCUT2D eigenvalue weighted by Crippen LogP contribution is -2.61. The van der Waals surface area contributed by atoms with Crippen molar-refractivity contribution in [2.24, 2.45) is 22.7 Å². The highest BCUT2D eigenvalue weighted by atomic mass is 16.6. The molecule has 0 amide bonds. The number of aliphatic hydroxyl groups is 2. The van der Waals surface area contributed by atoms with Gasteiger partial charge in [-0.2, -0.15) is 0 Å². The Kier molecular flexibility index (Phi) is 3.20. The van der Waals surface area contributed by atoms with Crippen LogP contribution in [0.25, 0.3) is 0 Å². The molecule has 1 heterocycles. The molecule has 1 aliphatic heterocycles. The van der Waals surface area contributed by atoms with Crippen molar-refractivity contribution >= 4 is 11.6 Å². The van der Waals surface area contributed by atoms with E-state index in [1.54, 1.807) is 0 Å². The van der Waals surface area contributed by atoms with Gasteiger partial charge in [-0.15, -0.1) is 0 Å². The molecule has 0 radical (unpaired) electrons. The molecule has 5 heteroatoms. The van der Waals surface area contributed by atoms with E-state index in [1.165, 1.54) is 5.57 Å². The second-order valence-corrected chi connectivity index (χ2v) is 9.72. The van der Waals surface area contributed by atoms with Gasteiger partial charge in [0.05, 0.1) is 6.10 Å². The summed E-state index contributed by atoms with van der Waals surface area (Å²) in [6, 6.07) is 0. The number of aliphatic hydroxyl groups excluding tert-OH is 1. The minimum atomic E-state index is -1.44. The first-order chi connectivity index (χ1) is 12.2. The molecule has 2 N–H and O–H groups in total. The lowest BCUT2D eigenvalue weighted by Gasteiger charge is -2.56. The van der Waals surface area contributed by atoms with Crippen LogP contribution in [0, 0.1) is 22.7 Å². The number of hydrogen-bond donors (Lipinski definition) is 2. The van der Waals surface area contributed by atoms with E-state index in [4.69, 9.17) is 4.74 Å². The number of Topliss-reactive ketones (excluding diaryl/α,β-unsaturated/α-hetero) is 1. The van der Waals surface area contributed by atoms with Gasteiger partial charge >= 0.3 is 0 Å². The highest BCUT2D eigenvalue weighted by Gasteiger charge is 2.81. The van der Waals surface area contributed by atoms with Crippen LogP contribution in [-0.2, 0) is 14.3 Å². The summed E-state index contributed by atoms with van der Waals surface area (Å²) in [6.07, 6.45) is 7.08. The van der Waals surface area contributed by atoms with Crippen LogP contribution in [0.2, 0.25) is 0 Å². The van der Waals surface area contributed by atoms with E-state index in [1.807, 2.05) is 13.0 Å². The van der Waals surface area contributed by atoms with Crippen LogP contribution in [0.5, 0.6) is 0 Å². The quantitative estimate of drug-likeness (QED) is 0.735. The van der Waals surface area contributed by atoms with Crippen molar-refractivity contribution in [2.75, 3.05) is 6.61 Å². The first kappa shape index (κ1) is 17.1. The zero-order valence-corrected chi connectivity index (χ0v) is 15.6. The fraction of sp³-hybridized carbons (Fsp3) is 0.810. The van der Waals surface area contributed by atoms with Crippen LogP contribution in [-0.4, -0.2) is 45.7 Å². The molecule has 0 bridgehead atoms. The van der Waals surface area contributed by atoms with Gasteiger partial charge in [0.2, 0.25) is 0 Å². The Hall–Kier alpha value is -1.04. The number of ether oxygens (including phenoxy) is 1. The zero-order chi connectivity index (χ0) is 18.5. The van der Waals surface area contributed by atoms with Gasteiger partial charge in [-0.05, 0) is 56.4 Å². The number of ketones is 2. The van der Waals surface area contributed by atoms with Crippen molar-refractivity contribution in [1.29, 1.82) is 0 Å². The molecule has 0 aromatic rings. The predicted molar refractivity (Wildman–Crippen MR) is 93.2 cm³/mol. The van der Waals surface area contributed by atoms with Gasteiger partial charge < -0.3 is 14.9 Å². The molecule has 0 aromatic heterocycles. The number of rotatable bonds is 2. The van der Waals surface area contributed by atoms with Gasteiger partial charge in [0.1, 0.15) is 17.8 Å². The highest BCUT2D eigenvalue weighted by molar-refractivity contribution is 5.92. The first-order valence-electron chi connectivity index (χ1n) is 10.0. The third kappa shape index (κ3) is 1.65. The number of hydrogen-bond acceptors (Lipinski definition) is 5. The van der Waals surface area contributed by atoms with E-state index < -0.39 is 23.4 Å². The summed E-state index contributed by atoms with van der Waals surface area (Å²) in [5, 5.41) is 20.7. The molecule has 7 atom stereocenters. The lowest BCUT2D eigenvalue weighted by molar-refractivity contribution is -0.160. The lowest BCUT2D eigenvalue weighted by atomic mass is 9.46. The highest BCUT2D eigenvalue weighted by Crippen LogP contribution is 2.76. The van der Waals surface area contributed by atoms with E-state index >= 15 is 0 Å².